The smallest absolute Gasteiger partial charge is 0.101 e. The first-order valence-electron chi connectivity index (χ1n) is 6.60. The van der Waals surface area contributed by atoms with Crippen molar-refractivity contribution in [1.82, 2.24) is 4.90 Å². The maximum atomic E-state index is 10.1. The molecular formula is C14H23NO3. The van der Waals surface area contributed by atoms with Gasteiger partial charge in [0.2, 0.25) is 0 Å². The second-order valence-electron chi connectivity index (χ2n) is 5.27. The maximum absolute atomic E-state index is 10.1. The molecule has 1 aliphatic heterocycles. The number of nitrogens with zero attached hydrogens (tertiary/aromatic N) is 1. The largest absolute Gasteiger partial charge is 0.389 e. The summed E-state index contributed by atoms with van der Waals surface area (Å²) < 4.78 is 5.31. The number of aliphatic hydroxyl groups is 2. The molecule has 0 aromatic heterocycles. The maximum Gasteiger partial charge on any atom is 0.101 e. The average Bonchev–Trinajstić information content (AvgIpc) is 2.37. The Morgan fingerprint density at radius 2 is 2.11 bits per heavy atom. The first-order chi connectivity index (χ1) is 8.59. The zero-order valence-corrected chi connectivity index (χ0v) is 11.0. The molecule has 0 saturated carbocycles. The summed E-state index contributed by atoms with van der Waals surface area (Å²) in [6, 6.07) is 0. The Morgan fingerprint density at radius 3 is 2.78 bits per heavy atom. The van der Waals surface area contributed by atoms with E-state index in [4.69, 9.17) is 4.74 Å². The summed E-state index contributed by atoms with van der Waals surface area (Å²) in [5, 5.41) is 20.0. The third-order valence-corrected chi connectivity index (χ3v) is 3.95. The van der Waals surface area contributed by atoms with E-state index in [1.165, 1.54) is 0 Å². The molecule has 2 N–H and O–H groups in total. The fourth-order valence-corrected chi connectivity index (χ4v) is 2.63. The SMILES string of the molecule is C=C(CN1CCOCC1)[C@@H]1CC=C(C)[C@@H](O)[C@@H]1O. The molecule has 1 saturated heterocycles. The minimum absolute atomic E-state index is 0.0356. The predicted octanol–water partition coefficient (Wildman–Crippen LogP) is 0.563. The fourth-order valence-electron chi connectivity index (χ4n) is 2.63. The van der Waals surface area contributed by atoms with Crippen LogP contribution in [0.1, 0.15) is 13.3 Å². The fraction of sp³-hybridized carbons (Fsp3) is 0.714. The minimum atomic E-state index is -0.745. The van der Waals surface area contributed by atoms with Crippen LogP contribution in [0.25, 0.3) is 0 Å². The molecule has 0 unspecified atom stereocenters. The molecule has 0 amide bonds. The van der Waals surface area contributed by atoms with Gasteiger partial charge in [-0.3, -0.25) is 4.90 Å². The van der Waals surface area contributed by atoms with Crippen LogP contribution in [-0.4, -0.2) is 60.2 Å². The van der Waals surface area contributed by atoms with Gasteiger partial charge in [0.15, 0.2) is 0 Å². The first-order valence-corrected chi connectivity index (χ1v) is 6.60. The Balaban J connectivity index is 1.92. The van der Waals surface area contributed by atoms with E-state index in [1.807, 2.05) is 13.0 Å². The van der Waals surface area contributed by atoms with Crippen LogP contribution in [-0.2, 0) is 4.74 Å². The third kappa shape index (κ3) is 3.01. The Morgan fingerprint density at radius 1 is 1.44 bits per heavy atom. The summed E-state index contributed by atoms with van der Waals surface area (Å²) in [6.07, 6.45) is 1.31. The van der Waals surface area contributed by atoms with Crippen LogP contribution in [0, 0.1) is 5.92 Å². The summed E-state index contributed by atoms with van der Waals surface area (Å²) >= 11 is 0. The van der Waals surface area contributed by atoms with Crippen molar-refractivity contribution in [3.63, 3.8) is 0 Å². The number of allylic oxidation sites excluding steroid dienone is 1. The average molecular weight is 253 g/mol. The van der Waals surface area contributed by atoms with Crippen molar-refractivity contribution >= 4 is 0 Å². The van der Waals surface area contributed by atoms with Crippen molar-refractivity contribution in [2.24, 2.45) is 5.92 Å². The van der Waals surface area contributed by atoms with Crippen LogP contribution in [0.15, 0.2) is 23.8 Å². The molecule has 1 fully saturated rings. The molecule has 0 radical (unpaired) electrons. The highest BCUT2D eigenvalue weighted by molar-refractivity contribution is 5.20. The molecule has 0 aromatic carbocycles. The van der Waals surface area contributed by atoms with Gasteiger partial charge in [-0.1, -0.05) is 18.2 Å². The number of aliphatic hydroxyl groups excluding tert-OH is 2. The molecule has 3 atom stereocenters. The van der Waals surface area contributed by atoms with Gasteiger partial charge in [0.25, 0.3) is 0 Å². The van der Waals surface area contributed by atoms with Gasteiger partial charge in [0.1, 0.15) is 6.10 Å². The van der Waals surface area contributed by atoms with Crippen LogP contribution in [0.3, 0.4) is 0 Å². The summed E-state index contributed by atoms with van der Waals surface area (Å²) in [7, 11) is 0. The molecule has 0 aromatic rings. The highest BCUT2D eigenvalue weighted by atomic mass is 16.5. The monoisotopic (exact) mass is 253 g/mol. The summed E-state index contributed by atoms with van der Waals surface area (Å²) in [5.41, 5.74) is 1.87. The van der Waals surface area contributed by atoms with Crippen molar-refractivity contribution in [1.29, 1.82) is 0 Å². The lowest BCUT2D eigenvalue weighted by Gasteiger charge is -2.35. The van der Waals surface area contributed by atoms with Gasteiger partial charge in [-0.15, -0.1) is 0 Å². The van der Waals surface area contributed by atoms with Crippen molar-refractivity contribution in [3.8, 4) is 0 Å². The van der Waals surface area contributed by atoms with E-state index in [-0.39, 0.29) is 5.92 Å². The van der Waals surface area contributed by atoms with Crippen molar-refractivity contribution < 1.29 is 14.9 Å². The van der Waals surface area contributed by atoms with Crippen LogP contribution >= 0.6 is 0 Å². The molecular weight excluding hydrogens is 230 g/mol. The predicted molar refractivity (Wildman–Crippen MR) is 70.3 cm³/mol. The van der Waals surface area contributed by atoms with Crippen LogP contribution in [0.5, 0.6) is 0 Å². The van der Waals surface area contributed by atoms with Crippen LogP contribution in [0.2, 0.25) is 0 Å². The van der Waals surface area contributed by atoms with Gasteiger partial charge in [-0.25, -0.2) is 0 Å². The molecule has 2 rings (SSSR count). The van der Waals surface area contributed by atoms with Crippen molar-refractivity contribution in [2.45, 2.75) is 25.6 Å². The van der Waals surface area contributed by atoms with Crippen molar-refractivity contribution in [3.05, 3.63) is 23.8 Å². The topological polar surface area (TPSA) is 52.9 Å². The first kappa shape index (κ1) is 13.7. The van der Waals surface area contributed by atoms with Crippen molar-refractivity contribution in [2.75, 3.05) is 32.8 Å². The highest BCUT2D eigenvalue weighted by Crippen LogP contribution is 2.29. The van der Waals surface area contributed by atoms with E-state index in [0.29, 0.717) is 0 Å². The van der Waals surface area contributed by atoms with Gasteiger partial charge in [-0.05, 0) is 18.9 Å². The Bertz CT molecular complexity index is 334. The lowest BCUT2D eigenvalue weighted by Crippen LogP contribution is -2.42. The lowest BCUT2D eigenvalue weighted by atomic mass is 9.81. The molecule has 4 heteroatoms. The van der Waals surface area contributed by atoms with E-state index in [9.17, 15) is 10.2 Å². The van der Waals surface area contributed by atoms with E-state index in [2.05, 4.69) is 11.5 Å². The normalized spacial score (nSPS) is 34.2. The Hall–Kier alpha value is -0.680. The minimum Gasteiger partial charge on any atom is -0.389 e. The number of rotatable bonds is 3. The molecule has 4 nitrogen and oxygen atoms in total. The molecule has 18 heavy (non-hydrogen) atoms. The van der Waals surface area contributed by atoms with Gasteiger partial charge in [0, 0.05) is 25.6 Å². The van der Waals surface area contributed by atoms with E-state index >= 15 is 0 Å². The van der Waals surface area contributed by atoms with E-state index in [0.717, 1.165) is 50.4 Å². The lowest BCUT2D eigenvalue weighted by molar-refractivity contribution is 0.00124. The number of hydrogen-bond acceptors (Lipinski definition) is 4. The second-order valence-corrected chi connectivity index (χ2v) is 5.27. The number of hydrogen-bond donors (Lipinski definition) is 2. The zero-order valence-electron chi connectivity index (χ0n) is 11.0. The zero-order chi connectivity index (χ0) is 13.1. The molecule has 102 valence electrons. The third-order valence-electron chi connectivity index (χ3n) is 3.95. The number of ether oxygens (including phenoxy) is 1. The Labute approximate surface area is 109 Å². The Kier molecular flexibility index (Phi) is 4.56. The van der Waals surface area contributed by atoms with E-state index in [1.54, 1.807) is 0 Å². The summed E-state index contributed by atoms with van der Waals surface area (Å²) in [4.78, 5) is 2.29. The molecule has 2 aliphatic rings. The molecule has 0 spiro atoms. The standard InChI is InChI=1S/C14H23NO3/c1-10-3-4-12(14(17)13(10)16)11(2)9-15-5-7-18-8-6-15/h3,12-14,16-17H,2,4-9H2,1H3/t12-,13+,14+/m0/s1. The van der Waals surface area contributed by atoms with Gasteiger partial charge in [-0.2, -0.15) is 0 Å². The van der Waals surface area contributed by atoms with Gasteiger partial charge < -0.3 is 14.9 Å². The molecule has 0 bridgehead atoms. The van der Waals surface area contributed by atoms with E-state index < -0.39 is 12.2 Å². The highest BCUT2D eigenvalue weighted by Gasteiger charge is 2.32. The van der Waals surface area contributed by atoms with Crippen LogP contribution < -0.4 is 0 Å². The van der Waals surface area contributed by atoms with Gasteiger partial charge in [0.05, 0.1) is 19.3 Å². The summed E-state index contributed by atoms with van der Waals surface area (Å²) in [6.45, 7) is 10.1. The molecule has 1 heterocycles. The van der Waals surface area contributed by atoms with Crippen LogP contribution in [0.4, 0.5) is 0 Å². The summed E-state index contributed by atoms with van der Waals surface area (Å²) in [5.74, 6) is -0.0356. The molecule has 1 aliphatic carbocycles. The number of morpholine rings is 1. The van der Waals surface area contributed by atoms with Gasteiger partial charge >= 0.3 is 0 Å². The quantitative estimate of drug-likeness (QED) is 0.722. The second kappa shape index (κ2) is 5.97.